The van der Waals surface area contributed by atoms with Crippen LogP contribution in [0.5, 0.6) is 0 Å². The highest BCUT2D eigenvalue weighted by molar-refractivity contribution is 5.99. The van der Waals surface area contributed by atoms with Crippen LogP contribution in [0.1, 0.15) is 49.9 Å². The molecule has 1 fully saturated rings. The zero-order valence-corrected chi connectivity index (χ0v) is 11.2. The van der Waals surface area contributed by atoms with Gasteiger partial charge in [0.2, 0.25) is 0 Å². The van der Waals surface area contributed by atoms with Crippen LogP contribution in [0.25, 0.3) is 0 Å². The van der Waals surface area contributed by atoms with Gasteiger partial charge in [-0.3, -0.25) is 4.79 Å². The zero-order chi connectivity index (χ0) is 13.1. The topological polar surface area (TPSA) is 55.1 Å². The van der Waals surface area contributed by atoms with E-state index in [1.807, 2.05) is 18.2 Å². The number of nitrogens with one attached hydrogen (secondary N) is 1. The molecule has 1 unspecified atom stereocenters. The number of Topliss-reactive ketones (excluding diaryl/α,β-unsaturated/α-hetero) is 1. The molecule has 1 atom stereocenters. The molecule has 2 rings (SSSR count). The molecule has 0 aromatic heterocycles. The summed E-state index contributed by atoms with van der Waals surface area (Å²) in [7, 11) is 0. The quantitative estimate of drug-likeness (QED) is 0.597. The first-order valence-electron chi connectivity index (χ1n) is 6.77. The number of ketones is 1. The molecule has 1 aromatic rings. The molecule has 1 saturated carbocycles. The number of hydrogen-bond acceptors (Lipinski definition) is 3. The third-order valence-electron chi connectivity index (χ3n) is 3.61. The van der Waals surface area contributed by atoms with E-state index in [4.69, 9.17) is 5.73 Å². The molecule has 98 valence electrons. The van der Waals surface area contributed by atoms with Crippen LogP contribution in [0.3, 0.4) is 0 Å². The second-order valence-corrected chi connectivity index (χ2v) is 5.29. The molecule has 0 amide bonds. The van der Waals surface area contributed by atoms with E-state index < -0.39 is 0 Å². The first kappa shape index (κ1) is 12.9. The number of hydrogen-bond donors (Lipinski definition) is 2. The molecule has 0 bridgehead atoms. The molecule has 3 nitrogen and oxygen atoms in total. The Bertz CT molecular complexity index is 438. The highest BCUT2D eigenvalue weighted by Crippen LogP contribution is 2.35. The van der Waals surface area contributed by atoms with Gasteiger partial charge in [-0.05, 0) is 43.9 Å². The van der Waals surface area contributed by atoms with E-state index in [2.05, 4.69) is 12.2 Å². The minimum Gasteiger partial charge on any atom is -0.398 e. The Kier molecular flexibility index (Phi) is 3.90. The van der Waals surface area contributed by atoms with Crippen molar-refractivity contribution in [3.8, 4) is 0 Å². The summed E-state index contributed by atoms with van der Waals surface area (Å²) in [5, 5.41) is 3.52. The number of benzene rings is 1. The van der Waals surface area contributed by atoms with Crippen molar-refractivity contribution in [3.05, 3.63) is 23.8 Å². The van der Waals surface area contributed by atoms with E-state index in [9.17, 15) is 4.79 Å². The van der Waals surface area contributed by atoms with Crippen LogP contribution >= 0.6 is 0 Å². The van der Waals surface area contributed by atoms with Crippen molar-refractivity contribution in [1.82, 2.24) is 0 Å². The summed E-state index contributed by atoms with van der Waals surface area (Å²) >= 11 is 0. The predicted octanol–water partition coefficient (Wildman–Crippen LogP) is 3.46. The molecule has 0 aliphatic heterocycles. The van der Waals surface area contributed by atoms with Crippen LogP contribution in [0, 0.1) is 5.92 Å². The Morgan fingerprint density at radius 3 is 2.72 bits per heavy atom. The normalized spacial score (nSPS) is 16.3. The average Bonchev–Trinajstić information content (AvgIpc) is 3.11. The lowest BCUT2D eigenvalue weighted by Gasteiger charge is -2.18. The monoisotopic (exact) mass is 246 g/mol. The number of anilines is 2. The Balaban J connectivity index is 2.03. The van der Waals surface area contributed by atoms with Crippen LogP contribution < -0.4 is 11.1 Å². The van der Waals surface area contributed by atoms with Gasteiger partial charge in [0.1, 0.15) is 0 Å². The van der Waals surface area contributed by atoms with E-state index in [1.165, 1.54) is 19.3 Å². The first-order chi connectivity index (χ1) is 8.60. The predicted molar refractivity (Wildman–Crippen MR) is 75.9 cm³/mol. The van der Waals surface area contributed by atoms with E-state index in [1.54, 1.807) is 6.92 Å². The molecule has 3 heteroatoms. The second kappa shape index (κ2) is 5.42. The molecular weight excluding hydrogens is 224 g/mol. The lowest BCUT2D eigenvalue weighted by molar-refractivity contribution is 0.101. The van der Waals surface area contributed by atoms with Crippen LogP contribution in [0.15, 0.2) is 18.2 Å². The van der Waals surface area contributed by atoms with Crippen LogP contribution in [-0.4, -0.2) is 11.8 Å². The van der Waals surface area contributed by atoms with Gasteiger partial charge in [-0.15, -0.1) is 0 Å². The summed E-state index contributed by atoms with van der Waals surface area (Å²) in [6.45, 7) is 3.74. The van der Waals surface area contributed by atoms with Crippen molar-refractivity contribution in [1.29, 1.82) is 0 Å². The number of rotatable bonds is 6. The van der Waals surface area contributed by atoms with Gasteiger partial charge < -0.3 is 11.1 Å². The molecule has 0 spiro atoms. The molecule has 1 aliphatic carbocycles. The maximum atomic E-state index is 11.3. The number of carbonyl (C=O) groups is 1. The van der Waals surface area contributed by atoms with Crippen molar-refractivity contribution in [2.45, 2.75) is 45.6 Å². The third kappa shape index (κ3) is 3.25. The van der Waals surface area contributed by atoms with Crippen molar-refractivity contribution in [2.75, 3.05) is 11.1 Å². The van der Waals surface area contributed by atoms with Gasteiger partial charge in [0, 0.05) is 23.0 Å². The van der Waals surface area contributed by atoms with Crippen molar-refractivity contribution >= 4 is 17.2 Å². The van der Waals surface area contributed by atoms with Gasteiger partial charge in [0.25, 0.3) is 0 Å². The molecule has 0 saturated heterocycles. The highest BCUT2D eigenvalue weighted by atomic mass is 16.1. The Morgan fingerprint density at radius 2 is 2.22 bits per heavy atom. The number of nitrogen functional groups attached to an aromatic ring is 1. The average molecular weight is 246 g/mol. The Morgan fingerprint density at radius 1 is 1.50 bits per heavy atom. The molecule has 18 heavy (non-hydrogen) atoms. The largest absolute Gasteiger partial charge is 0.398 e. The summed E-state index contributed by atoms with van der Waals surface area (Å²) in [5.74, 6) is 0.931. The summed E-state index contributed by atoms with van der Waals surface area (Å²) in [6.07, 6.45) is 5.11. The van der Waals surface area contributed by atoms with Gasteiger partial charge >= 0.3 is 0 Å². The Hall–Kier alpha value is -1.51. The minimum absolute atomic E-state index is 0.0177. The highest BCUT2D eigenvalue weighted by Gasteiger charge is 2.24. The fourth-order valence-corrected chi connectivity index (χ4v) is 2.29. The fourth-order valence-electron chi connectivity index (χ4n) is 2.29. The molecule has 1 aromatic carbocycles. The number of nitrogens with two attached hydrogens (primary N) is 1. The second-order valence-electron chi connectivity index (χ2n) is 5.29. The number of carbonyl (C=O) groups excluding carboxylic acids is 1. The lowest BCUT2D eigenvalue weighted by atomic mass is 10.1. The summed E-state index contributed by atoms with van der Waals surface area (Å²) in [5.41, 5.74) is 8.08. The summed E-state index contributed by atoms with van der Waals surface area (Å²) in [6, 6.07) is 6.14. The van der Waals surface area contributed by atoms with E-state index >= 15 is 0 Å². The van der Waals surface area contributed by atoms with Gasteiger partial charge in [0.05, 0.1) is 0 Å². The zero-order valence-electron chi connectivity index (χ0n) is 11.2. The molecule has 3 N–H and O–H groups in total. The fraction of sp³-hybridized carbons (Fsp3) is 0.533. The smallest absolute Gasteiger partial charge is 0.161 e. The third-order valence-corrected chi connectivity index (χ3v) is 3.61. The molecular formula is C15H22N2O. The molecule has 0 radical (unpaired) electrons. The Labute approximate surface area is 109 Å². The maximum absolute atomic E-state index is 11.3. The van der Waals surface area contributed by atoms with Crippen molar-refractivity contribution in [2.24, 2.45) is 5.92 Å². The standard InChI is InChI=1S/C15H22N2O/c1-3-12(8-11-4-5-11)17-13-6-7-14(10(2)18)15(16)9-13/h6-7,9,11-12,17H,3-5,8,16H2,1-2H3. The van der Waals surface area contributed by atoms with Crippen LogP contribution in [-0.2, 0) is 0 Å². The molecule has 0 heterocycles. The van der Waals surface area contributed by atoms with Crippen LogP contribution in [0.2, 0.25) is 0 Å². The summed E-state index contributed by atoms with van der Waals surface area (Å²) in [4.78, 5) is 11.3. The van der Waals surface area contributed by atoms with Gasteiger partial charge in [0.15, 0.2) is 5.78 Å². The van der Waals surface area contributed by atoms with E-state index in [0.717, 1.165) is 18.0 Å². The van der Waals surface area contributed by atoms with Crippen LogP contribution in [0.4, 0.5) is 11.4 Å². The van der Waals surface area contributed by atoms with Gasteiger partial charge in [-0.25, -0.2) is 0 Å². The minimum atomic E-state index is 0.0177. The van der Waals surface area contributed by atoms with Crippen molar-refractivity contribution < 1.29 is 4.79 Å². The SMILES string of the molecule is CCC(CC1CC1)Nc1ccc(C(C)=O)c(N)c1. The van der Waals surface area contributed by atoms with Gasteiger partial charge in [-0.2, -0.15) is 0 Å². The van der Waals surface area contributed by atoms with E-state index in [-0.39, 0.29) is 5.78 Å². The lowest BCUT2D eigenvalue weighted by Crippen LogP contribution is -2.19. The molecule has 1 aliphatic rings. The van der Waals surface area contributed by atoms with E-state index in [0.29, 0.717) is 17.3 Å². The first-order valence-corrected chi connectivity index (χ1v) is 6.77. The summed E-state index contributed by atoms with van der Waals surface area (Å²) < 4.78 is 0. The van der Waals surface area contributed by atoms with Gasteiger partial charge in [-0.1, -0.05) is 19.8 Å². The van der Waals surface area contributed by atoms with Crippen molar-refractivity contribution in [3.63, 3.8) is 0 Å². The maximum Gasteiger partial charge on any atom is 0.161 e.